The third-order valence-corrected chi connectivity index (χ3v) is 7.75. The number of carbonyl (C=O) groups excluding carboxylic acids is 2. The Hall–Kier alpha value is -3.60. The molecule has 2 atom stereocenters. The minimum atomic E-state index is -0.829. The molecule has 0 unspecified atom stereocenters. The highest BCUT2D eigenvalue weighted by Crippen LogP contribution is 2.32. The van der Waals surface area contributed by atoms with Crippen LogP contribution in [0.1, 0.15) is 52.9 Å². The molecule has 0 radical (unpaired) electrons. The Kier molecular flexibility index (Phi) is 8.30. The number of benzene rings is 2. The Morgan fingerprint density at radius 1 is 1.25 bits per heavy atom. The van der Waals surface area contributed by atoms with Crippen LogP contribution in [0.5, 0.6) is 0 Å². The molecule has 11 heteroatoms. The van der Waals surface area contributed by atoms with Crippen molar-refractivity contribution < 1.29 is 23.8 Å². The van der Waals surface area contributed by atoms with Gasteiger partial charge >= 0.3 is 0 Å². The number of aliphatic hydroxyl groups is 1. The second-order valence-corrected chi connectivity index (χ2v) is 10.6. The van der Waals surface area contributed by atoms with E-state index in [1.807, 2.05) is 12.1 Å². The van der Waals surface area contributed by atoms with E-state index in [1.54, 1.807) is 26.0 Å². The monoisotopic (exact) mass is 567 g/mol. The molecular formula is C29H31ClFN5O4. The average molecular weight is 568 g/mol. The van der Waals surface area contributed by atoms with Crippen molar-refractivity contribution in [1.82, 2.24) is 20.2 Å². The Morgan fingerprint density at radius 3 is 2.77 bits per heavy atom. The largest absolute Gasteiger partial charge is 0.394 e. The van der Waals surface area contributed by atoms with Crippen molar-refractivity contribution in [2.75, 3.05) is 25.1 Å². The molecule has 2 amide bonds. The van der Waals surface area contributed by atoms with Crippen LogP contribution in [0.4, 0.5) is 10.3 Å². The number of carbonyl (C=O) groups is 2. The normalized spacial score (nSPS) is 16.9. The van der Waals surface area contributed by atoms with E-state index in [0.717, 1.165) is 24.0 Å². The molecule has 1 fully saturated rings. The fourth-order valence-corrected chi connectivity index (χ4v) is 5.29. The molecule has 1 saturated heterocycles. The number of aryl methyl sites for hydroxylation is 1. The quantitative estimate of drug-likeness (QED) is 0.376. The summed E-state index contributed by atoms with van der Waals surface area (Å²) in [7, 11) is 0. The predicted molar refractivity (Wildman–Crippen MR) is 148 cm³/mol. The van der Waals surface area contributed by atoms with Crippen LogP contribution in [0.2, 0.25) is 5.02 Å². The topological polar surface area (TPSA) is 117 Å². The Balaban J connectivity index is 1.31. The van der Waals surface area contributed by atoms with Crippen molar-refractivity contribution in [1.29, 1.82) is 0 Å². The Labute approximate surface area is 236 Å². The van der Waals surface area contributed by atoms with E-state index in [2.05, 4.69) is 20.6 Å². The maximum atomic E-state index is 13.8. The molecule has 2 aliphatic rings. The fourth-order valence-electron chi connectivity index (χ4n) is 5.09. The summed E-state index contributed by atoms with van der Waals surface area (Å²) in [5.41, 5.74) is 3.62. The summed E-state index contributed by atoms with van der Waals surface area (Å²) >= 11 is 6.45. The van der Waals surface area contributed by atoms with Crippen LogP contribution in [0.15, 0.2) is 42.6 Å². The van der Waals surface area contributed by atoms with E-state index in [4.69, 9.17) is 16.3 Å². The fraction of sp³-hybridized carbons (Fsp3) is 0.379. The first kappa shape index (κ1) is 27.9. The molecule has 3 aromatic rings. The van der Waals surface area contributed by atoms with Gasteiger partial charge in [0.2, 0.25) is 11.9 Å². The van der Waals surface area contributed by atoms with E-state index >= 15 is 0 Å². The average Bonchev–Trinajstić information content (AvgIpc) is 3.29. The number of fused-ring (bicyclic) bond motifs is 1. The third-order valence-electron chi connectivity index (χ3n) is 7.48. The number of aromatic nitrogens is 2. The van der Waals surface area contributed by atoms with Gasteiger partial charge in [-0.1, -0.05) is 29.8 Å². The lowest BCUT2D eigenvalue weighted by Crippen LogP contribution is -2.46. The molecular weight excluding hydrogens is 537 g/mol. The number of nitrogens with one attached hydrogen (secondary N) is 2. The van der Waals surface area contributed by atoms with Crippen LogP contribution in [-0.2, 0) is 16.1 Å². The van der Waals surface area contributed by atoms with E-state index in [-0.39, 0.29) is 18.5 Å². The highest BCUT2D eigenvalue weighted by atomic mass is 35.5. The first-order valence-electron chi connectivity index (χ1n) is 13.2. The molecule has 0 saturated carbocycles. The molecule has 0 spiro atoms. The van der Waals surface area contributed by atoms with E-state index in [1.165, 1.54) is 23.2 Å². The molecule has 210 valence electrons. The summed E-state index contributed by atoms with van der Waals surface area (Å²) in [4.78, 5) is 37.0. The number of anilines is 1. The summed E-state index contributed by atoms with van der Waals surface area (Å²) in [5.74, 6) is -0.755. The maximum Gasteiger partial charge on any atom is 0.255 e. The Morgan fingerprint density at radius 2 is 2.02 bits per heavy atom. The summed E-state index contributed by atoms with van der Waals surface area (Å²) < 4.78 is 19.2. The van der Waals surface area contributed by atoms with Crippen molar-refractivity contribution >= 4 is 29.4 Å². The molecule has 2 aromatic carbocycles. The zero-order chi connectivity index (χ0) is 28.4. The van der Waals surface area contributed by atoms with Gasteiger partial charge < -0.3 is 25.4 Å². The smallest absolute Gasteiger partial charge is 0.255 e. The van der Waals surface area contributed by atoms with Gasteiger partial charge in [0.15, 0.2) is 0 Å². The molecule has 40 heavy (non-hydrogen) atoms. The van der Waals surface area contributed by atoms with Crippen LogP contribution in [0.25, 0.3) is 11.3 Å². The maximum absolute atomic E-state index is 13.8. The molecule has 0 bridgehead atoms. The highest BCUT2D eigenvalue weighted by molar-refractivity contribution is 6.33. The minimum Gasteiger partial charge on any atom is -0.394 e. The van der Waals surface area contributed by atoms with Gasteiger partial charge in [0, 0.05) is 36.9 Å². The van der Waals surface area contributed by atoms with Gasteiger partial charge in [0.05, 0.1) is 29.6 Å². The zero-order valence-corrected chi connectivity index (χ0v) is 23.0. The van der Waals surface area contributed by atoms with Gasteiger partial charge in [-0.15, -0.1) is 0 Å². The van der Waals surface area contributed by atoms with Crippen LogP contribution in [0, 0.1) is 12.7 Å². The molecule has 1 aromatic heterocycles. The number of hydrogen-bond donors (Lipinski definition) is 3. The molecule has 5 rings (SSSR count). The van der Waals surface area contributed by atoms with Gasteiger partial charge in [0.25, 0.3) is 5.91 Å². The van der Waals surface area contributed by atoms with Crippen molar-refractivity contribution in [3.63, 3.8) is 0 Å². The van der Waals surface area contributed by atoms with Crippen molar-refractivity contribution in [3.8, 4) is 11.3 Å². The van der Waals surface area contributed by atoms with Crippen LogP contribution >= 0.6 is 11.6 Å². The van der Waals surface area contributed by atoms with Gasteiger partial charge in [-0.25, -0.2) is 14.4 Å². The highest BCUT2D eigenvalue weighted by Gasteiger charge is 2.35. The lowest BCUT2D eigenvalue weighted by molar-refractivity contribution is -0.126. The van der Waals surface area contributed by atoms with E-state index in [0.29, 0.717) is 46.6 Å². The number of halogens is 2. The summed E-state index contributed by atoms with van der Waals surface area (Å²) in [5, 5.41) is 16.4. The van der Waals surface area contributed by atoms with Gasteiger partial charge in [-0.05, 0) is 61.6 Å². The number of amides is 2. The van der Waals surface area contributed by atoms with Crippen molar-refractivity contribution in [2.45, 2.75) is 51.4 Å². The number of aliphatic hydroxyl groups excluding tert-OH is 1. The lowest BCUT2D eigenvalue weighted by Gasteiger charge is -2.26. The van der Waals surface area contributed by atoms with E-state index < -0.39 is 30.4 Å². The molecule has 0 aliphatic carbocycles. The first-order valence-corrected chi connectivity index (χ1v) is 13.6. The van der Waals surface area contributed by atoms with Crippen LogP contribution < -0.4 is 10.6 Å². The summed E-state index contributed by atoms with van der Waals surface area (Å²) in [6.07, 6.45) is 3.26. The second kappa shape index (κ2) is 11.9. The predicted octanol–water partition coefficient (Wildman–Crippen LogP) is 4.03. The second-order valence-electron chi connectivity index (χ2n) is 10.1. The summed E-state index contributed by atoms with van der Waals surface area (Å²) in [6.45, 7) is 4.61. The first-order chi connectivity index (χ1) is 19.2. The molecule has 3 heterocycles. The summed E-state index contributed by atoms with van der Waals surface area (Å²) in [6, 6.07) is 8.21. The van der Waals surface area contributed by atoms with Gasteiger partial charge in [-0.3, -0.25) is 9.59 Å². The van der Waals surface area contributed by atoms with Crippen LogP contribution in [-0.4, -0.2) is 63.7 Å². The van der Waals surface area contributed by atoms with Crippen molar-refractivity contribution in [3.05, 3.63) is 75.7 Å². The SMILES string of the molecule is Cc1ccc(F)cc1[C@@H](CO)NC(=O)[C@@H](C)N1Cc2ccc(-c3nc(NC4CCOCC4)ncc3Cl)cc2C1=O. The lowest BCUT2D eigenvalue weighted by atomic mass is 10.0. The Bertz CT molecular complexity index is 1430. The molecule has 2 aliphatic heterocycles. The number of nitrogens with zero attached hydrogens (tertiary/aromatic N) is 3. The molecule has 3 N–H and O–H groups in total. The standard InChI is InChI=1S/C29H31ClFN5O4/c1-16-3-6-20(31)12-22(16)25(15-37)34-27(38)17(2)36-14-19-5-4-18(11-23(19)28(36)39)26-24(30)13-32-29(35-26)33-21-7-9-40-10-8-21/h3-6,11-13,17,21,25,37H,7-10,14-15H2,1-2H3,(H,34,38)(H,32,33,35)/t17-,25-/m1/s1. The molecule has 9 nitrogen and oxygen atoms in total. The van der Waals surface area contributed by atoms with E-state index in [9.17, 15) is 19.1 Å². The van der Waals surface area contributed by atoms with Gasteiger partial charge in [0.1, 0.15) is 11.9 Å². The zero-order valence-electron chi connectivity index (χ0n) is 22.3. The van der Waals surface area contributed by atoms with Crippen molar-refractivity contribution in [2.24, 2.45) is 0 Å². The van der Waals surface area contributed by atoms with Gasteiger partial charge in [-0.2, -0.15) is 0 Å². The third kappa shape index (κ3) is 5.79. The number of rotatable bonds is 8. The minimum absolute atomic E-state index is 0.209. The number of ether oxygens (including phenoxy) is 1. The van der Waals surface area contributed by atoms with Crippen LogP contribution in [0.3, 0.4) is 0 Å². The number of hydrogen-bond acceptors (Lipinski definition) is 7.